The Bertz CT molecular complexity index is 146. The first kappa shape index (κ1) is 7.57. The number of alkyl halides is 3. The highest BCUT2D eigenvalue weighted by atomic mass is 19.4. The van der Waals surface area contributed by atoms with Crippen molar-refractivity contribution < 1.29 is 13.2 Å². The van der Waals surface area contributed by atoms with Crippen molar-refractivity contribution >= 4 is 6.72 Å². The molecule has 1 nitrogen and oxygen atoms in total. The largest absolute Gasteiger partial charge is 0.396 e. The maximum absolute atomic E-state index is 12.0. The first-order chi connectivity index (χ1) is 4.52. The van der Waals surface area contributed by atoms with Gasteiger partial charge in [-0.1, -0.05) is 0 Å². The Morgan fingerprint density at radius 2 is 1.90 bits per heavy atom. The standard InChI is InChI=1S/C6H8F3N/c1-10-4-5(2-3-5)6(7,8)9/h1-4H2. The van der Waals surface area contributed by atoms with E-state index >= 15 is 0 Å². The van der Waals surface area contributed by atoms with Crippen LogP contribution in [0.25, 0.3) is 0 Å². The average molecular weight is 151 g/mol. The molecule has 4 heteroatoms. The maximum atomic E-state index is 12.0. The predicted octanol–water partition coefficient (Wildman–Crippen LogP) is 2.03. The molecule has 0 aliphatic heterocycles. The highest BCUT2D eigenvalue weighted by molar-refractivity contribution is 5.24. The lowest BCUT2D eigenvalue weighted by Gasteiger charge is -2.15. The predicted molar refractivity (Wildman–Crippen MR) is 32.1 cm³/mol. The summed E-state index contributed by atoms with van der Waals surface area (Å²) in [5, 5.41) is 0. The number of hydrogen-bond acceptors (Lipinski definition) is 1. The third-order valence-corrected chi connectivity index (χ3v) is 1.87. The number of nitrogens with zero attached hydrogens (tertiary/aromatic N) is 1. The van der Waals surface area contributed by atoms with Crippen LogP contribution >= 0.6 is 0 Å². The van der Waals surface area contributed by atoms with E-state index in [0.29, 0.717) is 0 Å². The van der Waals surface area contributed by atoms with Gasteiger partial charge < -0.3 is 4.99 Å². The van der Waals surface area contributed by atoms with Crippen LogP contribution in [0.15, 0.2) is 4.99 Å². The molecule has 0 radical (unpaired) electrons. The smallest absolute Gasteiger partial charge is 0.300 e. The number of rotatable bonds is 2. The van der Waals surface area contributed by atoms with Gasteiger partial charge in [-0.2, -0.15) is 13.2 Å². The first-order valence-electron chi connectivity index (χ1n) is 3.01. The molecule has 1 fully saturated rings. The molecular weight excluding hydrogens is 143 g/mol. The number of aliphatic imine (C=N–C) groups is 1. The lowest BCUT2D eigenvalue weighted by molar-refractivity contribution is -0.183. The van der Waals surface area contributed by atoms with Crippen molar-refractivity contribution in [2.24, 2.45) is 10.4 Å². The molecule has 0 spiro atoms. The molecule has 1 rings (SSSR count). The summed E-state index contributed by atoms with van der Waals surface area (Å²) < 4.78 is 36.0. The summed E-state index contributed by atoms with van der Waals surface area (Å²) in [5.41, 5.74) is -1.49. The molecule has 0 aromatic carbocycles. The SMILES string of the molecule is C=NCC1(C(F)(F)F)CC1. The summed E-state index contributed by atoms with van der Waals surface area (Å²) in [7, 11) is 0. The van der Waals surface area contributed by atoms with Gasteiger partial charge in [-0.05, 0) is 19.6 Å². The van der Waals surface area contributed by atoms with Crippen LogP contribution in [-0.2, 0) is 0 Å². The first-order valence-corrected chi connectivity index (χ1v) is 3.01. The second-order valence-corrected chi connectivity index (χ2v) is 2.66. The molecule has 0 heterocycles. The van der Waals surface area contributed by atoms with E-state index in [-0.39, 0.29) is 19.4 Å². The molecule has 0 amide bonds. The van der Waals surface area contributed by atoms with E-state index in [9.17, 15) is 13.2 Å². The Morgan fingerprint density at radius 1 is 1.40 bits per heavy atom. The summed E-state index contributed by atoms with van der Waals surface area (Å²) in [6.07, 6.45) is -3.64. The molecule has 1 saturated carbocycles. The number of hydrogen-bond donors (Lipinski definition) is 0. The van der Waals surface area contributed by atoms with E-state index in [2.05, 4.69) is 11.7 Å². The highest BCUT2D eigenvalue weighted by Crippen LogP contribution is 2.57. The minimum absolute atomic E-state index is 0.170. The fourth-order valence-corrected chi connectivity index (χ4v) is 0.896. The Hall–Kier alpha value is -0.540. The van der Waals surface area contributed by atoms with Crippen molar-refractivity contribution in [3.05, 3.63) is 0 Å². The maximum Gasteiger partial charge on any atom is 0.396 e. The van der Waals surface area contributed by atoms with Gasteiger partial charge in [0.15, 0.2) is 0 Å². The van der Waals surface area contributed by atoms with Crippen LogP contribution in [0.5, 0.6) is 0 Å². The second kappa shape index (κ2) is 1.97. The molecule has 0 saturated heterocycles. The number of halogens is 3. The molecule has 0 N–H and O–H groups in total. The molecule has 0 unspecified atom stereocenters. The molecule has 0 atom stereocenters. The third-order valence-electron chi connectivity index (χ3n) is 1.87. The van der Waals surface area contributed by atoms with Gasteiger partial charge in [-0.15, -0.1) is 0 Å². The Labute approximate surface area is 57.0 Å². The van der Waals surface area contributed by atoms with E-state index in [1.807, 2.05) is 0 Å². The van der Waals surface area contributed by atoms with Crippen LogP contribution in [-0.4, -0.2) is 19.4 Å². The van der Waals surface area contributed by atoms with E-state index in [1.54, 1.807) is 0 Å². The van der Waals surface area contributed by atoms with Gasteiger partial charge in [-0.3, -0.25) is 0 Å². The fraction of sp³-hybridized carbons (Fsp3) is 0.833. The van der Waals surface area contributed by atoms with E-state index in [0.717, 1.165) is 0 Å². The minimum Gasteiger partial charge on any atom is -0.300 e. The second-order valence-electron chi connectivity index (χ2n) is 2.66. The van der Waals surface area contributed by atoms with Crippen molar-refractivity contribution in [1.29, 1.82) is 0 Å². The fourth-order valence-electron chi connectivity index (χ4n) is 0.896. The van der Waals surface area contributed by atoms with Gasteiger partial charge in [0.2, 0.25) is 0 Å². The van der Waals surface area contributed by atoms with Crippen molar-refractivity contribution in [3.8, 4) is 0 Å². The van der Waals surface area contributed by atoms with E-state index in [1.165, 1.54) is 0 Å². The highest BCUT2D eigenvalue weighted by Gasteiger charge is 2.62. The Balaban J connectivity index is 2.60. The lowest BCUT2D eigenvalue weighted by Crippen LogP contribution is -2.27. The molecule has 0 aromatic rings. The molecule has 0 bridgehead atoms. The Morgan fingerprint density at radius 3 is 2.00 bits per heavy atom. The monoisotopic (exact) mass is 151 g/mol. The van der Waals surface area contributed by atoms with Crippen molar-refractivity contribution in [2.75, 3.05) is 6.54 Å². The van der Waals surface area contributed by atoms with Crippen LogP contribution in [0, 0.1) is 5.41 Å². The van der Waals surface area contributed by atoms with Gasteiger partial charge in [0, 0.05) is 0 Å². The summed E-state index contributed by atoms with van der Waals surface area (Å²) in [4.78, 5) is 3.27. The average Bonchev–Trinajstić information content (AvgIpc) is 2.45. The summed E-state index contributed by atoms with van der Waals surface area (Å²) in [6, 6.07) is 0. The van der Waals surface area contributed by atoms with Crippen LogP contribution in [0.1, 0.15) is 12.8 Å². The molecule has 58 valence electrons. The van der Waals surface area contributed by atoms with Gasteiger partial charge in [-0.25, -0.2) is 0 Å². The molecule has 0 aromatic heterocycles. The van der Waals surface area contributed by atoms with Gasteiger partial charge in [0.25, 0.3) is 0 Å². The van der Waals surface area contributed by atoms with Crippen LogP contribution in [0.3, 0.4) is 0 Å². The third kappa shape index (κ3) is 1.02. The van der Waals surface area contributed by atoms with Gasteiger partial charge in [0.05, 0.1) is 12.0 Å². The summed E-state index contributed by atoms with van der Waals surface area (Å²) in [5.74, 6) is 0. The van der Waals surface area contributed by atoms with E-state index < -0.39 is 11.6 Å². The normalized spacial score (nSPS) is 22.3. The molecule has 1 aliphatic rings. The van der Waals surface area contributed by atoms with E-state index in [4.69, 9.17) is 0 Å². The van der Waals surface area contributed by atoms with Crippen LogP contribution in [0.2, 0.25) is 0 Å². The van der Waals surface area contributed by atoms with Gasteiger partial charge >= 0.3 is 6.18 Å². The minimum atomic E-state index is -4.08. The van der Waals surface area contributed by atoms with Crippen LogP contribution < -0.4 is 0 Å². The topological polar surface area (TPSA) is 12.4 Å². The molecule has 10 heavy (non-hydrogen) atoms. The quantitative estimate of drug-likeness (QED) is 0.535. The summed E-state index contributed by atoms with van der Waals surface area (Å²) >= 11 is 0. The van der Waals surface area contributed by atoms with Gasteiger partial charge in [0.1, 0.15) is 0 Å². The zero-order valence-corrected chi connectivity index (χ0v) is 5.41. The zero-order chi connectivity index (χ0) is 7.83. The van der Waals surface area contributed by atoms with Crippen molar-refractivity contribution in [3.63, 3.8) is 0 Å². The van der Waals surface area contributed by atoms with Crippen molar-refractivity contribution in [2.45, 2.75) is 19.0 Å². The summed E-state index contributed by atoms with van der Waals surface area (Å²) in [6.45, 7) is 2.88. The van der Waals surface area contributed by atoms with Crippen molar-refractivity contribution in [1.82, 2.24) is 0 Å². The lowest BCUT2D eigenvalue weighted by atomic mass is 10.1. The zero-order valence-electron chi connectivity index (χ0n) is 5.41. The Kier molecular flexibility index (Phi) is 1.49. The molecule has 1 aliphatic carbocycles. The van der Waals surface area contributed by atoms with Crippen LogP contribution in [0.4, 0.5) is 13.2 Å². The molecular formula is C6H8F3N.